The predicted molar refractivity (Wildman–Crippen MR) is 259 cm³/mol. The van der Waals surface area contributed by atoms with Gasteiger partial charge in [0.15, 0.2) is 17.5 Å². The average molecular weight is 832 g/mol. The lowest BCUT2D eigenvalue weighted by molar-refractivity contribution is 0.435. The van der Waals surface area contributed by atoms with Crippen molar-refractivity contribution in [2.24, 2.45) is 0 Å². The quantitative estimate of drug-likeness (QED) is 0.160. The van der Waals surface area contributed by atoms with Gasteiger partial charge in [0.1, 0.15) is 11.5 Å². The van der Waals surface area contributed by atoms with Crippen LogP contribution in [0, 0.1) is 11.3 Å². The highest BCUT2D eigenvalue weighted by Gasteiger charge is 2.46. The van der Waals surface area contributed by atoms with Gasteiger partial charge in [-0.05, 0) is 95.1 Å². The summed E-state index contributed by atoms with van der Waals surface area (Å²) in [4.78, 5) is 15.2. The molecule has 0 saturated heterocycles. The van der Waals surface area contributed by atoms with Crippen LogP contribution >= 0.6 is 0 Å². The maximum Gasteiger partial charge on any atom is 0.164 e. The molecule has 11 aromatic rings. The third kappa shape index (κ3) is 6.29. The van der Waals surface area contributed by atoms with Crippen LogP contribution in [0.1, 0.15) is 27.8 Å². The zero-order valence-electron chi connectivity index (χ0n) is 35.0. The Morgan fingerprint density at radius 1 is 0.400 bits per heavy atom. The van der Waals surface area contributed by atoms with Crippen LogP contribution in [0.5, 0.6) is 11.5 Å². The number of hydrogen-bond donors (Lipinski definition) is 0. The van der Waals surface area contributed by atoms with E-state index in [2.05, 4.69) is 156 Å². The van der Waals surface area contributed by atoms with Crippen LogP contribution in [0.15, 0.2) is 224 Å². The first-order valence-electron chi connectivity index (χ1n) is 21.6. The Bertz CT molecular complexity index is 3520. The minimum absolute atomic E-state index is 0.567. The molecule has 9 aromatic carbocycles. The Hall–Kier alpha value is -8.92. The summed E-state index contributed by atoms with van der Waals surface area (Å²) in [5, 5.41) is 12.1. The Kier molecular flexibility index (Phi) is 8.99. The first-order chi connectivity index (χ1) is 32.2. The second kappa shape index (κ2) is 15.5. The van der Waals surface area contributed by atoms with Gasteiger partial charge in [-0.15, -0.1) is 0 Å². The Morgan fingerprint density at radius 3 is 1.38 bits per heavy atom. The average Bonchev–Trinajstić information content (AvgIpc) is 3.71. The Labute approximate surface area is 376 Å². The summed E-state index contributed by atoms with van der Waals surface area (Å²) in [5.41, 5.74) is 11.9. The van der Waals surface area contributed by atoms with Crippen LogP contribution in [-0.4, -0.2) is 19.5 Å². The smallest absolute Gasteiger partial charge is 0.164 e. The number of aromatic nitrogens is 4. The molecular formula is C59H37N5O. The molecule has 3 heterocycles. The summed E-state index contributed by atoms with van der Waals surface area (Å²) in [6.07, 6.45) is 0. The number of para-hydroxylation sites is 1. The van der Waals surface area contributed by atoms with E-state index in [0.717, 1.165) is 89.1 Å². The Morgan fingerprint density at radius 2 is 0.831 bits per heavy atom. The van der Waals surface area contributed by atoms with Crippen molar-refractivity contribution in [3.8, 4) is 68.5 Å². The van der Waals surface area contributed by atoms with Crippen molar-refractivity contribution in [1.82, 2.24) is 19.5 Å². The van der Waals surface area contributed by atoms with Gasteiger partial charge >= 0.3 is 0 Å². The van der Waals surface area contributed by atoms with Gasteiger partial charge in [0.2, 0.25) is 0 Å². The highest BCUT2D eigenvalue weighted by molar-refractivity contribution is 6.11. The minimum Gasteiger partial charge on any atom is -0.457 e. The first kappa shape index (κ1) is 37.8. The number of fused-ring (bicyclic) bond motifs is 5. The second-order valence-corrected chi connectivity index (χ2v) is 16.3. The standard InChI is InChI=1S/C59H37N5O/c60-38-39-26-30-52-48(34-39)49-35-42(27-31-53(49)64(52)47-24-14-5-15-25-47)43-28-32-54-50(36-43)59(45-20-10-3-11-21-45,46-22-12-4-13-23-46)51-37-44(29-33-55(51)65-54)58-62-56(40-16-6-1-7-17-40)61-57(63-58)41-18-8-2-9-19-41/h1-37H. The second-order valence-electron chi connectivity index (χ2n) is 16.3. The molecule has 0 aliphatic carbocycles. The molecule has 0 saturated carbocycles. The fraction of sp³-hybridized carbons (Fsp3) is 0.0169. The third-order valence-electron chi connectivity index (χ3n) is 12.6. The minimum atomic E-state index is -0.815. The molecule has 65 heavy (non-hydrogen) atoms. The van der Waals surface area contributed by atoms with Crippen molar-refractivity contribution in [1.29, 1.82) is 5.26 Å². The van der Waals surface area contributed by atoms with Crippen molar-refractivity contribution < 1.29 is 4.74 Å². The van der Waals surface area contributed by atoms with E-state index in [1.807, 2.05) is 78.9 Å². The van der Waals surface area contributed by atoms with Gasteiger partial charge in [-0.3, -0.25) is 0 Å². The summed E-state index contributed by atoms with van der Waals surface area (Å²) in [7, 11) is 0. The number of ether oxygens (including phenoxy) is 1. The van der Waals surface area contributed by atoms with Gasteiger partial charge < -0.3 is 9.30 Å². The molecule has 0 unspecified atom stereocenters. The zero-order chi connectivity index (χ0) is 43.3. The highest BCUT2D eigenvalue weighted by Crippen LogP contribution is 2.56. The first-order valence-corrected chi connectivity index (χ1v) is 21.6. The molecule has 1 aliphatic heterocycles. The molecule has 0 N–H and O–H groups in total. The molecule has 12 rings (SSSR count). The highest BCUT2D eigenvalue weighted by atomic mass is 16.5. The largest absolute Gasteiger partial charge is 0.457 e. The van der Waals surface area contributed by atoms with Crippen molar-refractivity contribution in [3.63, 3.8) is 0 Å². The maximum absolute atomic E-state index is 9.97. The molecule has 0 spiro atoms. The van der Waals surface area contributed by atoms with E-state index in [-0.39, 0.29) is 0 Å². The van der Waals surface area contributed by atoms with Gasteiger partial charge in [-0.25, -0.2) is 15.0 Å². The summed E-state index contributed by atoms with van der Waals surface area (Å²) in [6.45, 7) is 0. The van der Waals surface area contributed by atoms with Crippen molar-refractivity contribution in [2.75, 3.05) is 0 Å². The van der Waals surface area contributed by atoms with Crippen LogP contribution in [0.4, 0.5) is 0 Å². The molecular weight excluding hydrogens is 795 g/mol. The van der Waals surface area contributed by atoms with E-state index in [4.69, 9.17) is 19.7 Å². The molecule has 6 nitrogen and oxygen atoms in total. The number of hydrogen-bond acceptors (Lipinski definition) is 5. The van der Waals surface area contributed by atoms with E-state index in [1.54, 1.807) is 0 Å². The van der Waals surface area contributed by atoms with Gasteiger partial charge in [0.25, 0.3) is 0 Å². The summed E-state index contributed by atoms with van der Waals surface area (Å²) in [5.74, 6) is 3.30. The van der Waals surface area contributed by atoms with Crippen LogP contribution in [0.25, 0.3) is 72.8 Å². The van der Waals surface area contributed by atoms with Gasteiger partial charge in [0, 0.05) is 44.3 Å². The van der Waals surface area contributed by atoms with Crippen LogP contribution < -0.4 is 4.74 Å². The van der Waals surface area contributed by atoms with E-state index in [0.29, 0.717) is 23.0 Å². The lowest BCUT2D eigenvalue weighted by Gasteiger charge is -2.42. The molecule has 304 valence electrons. The molecule has 0 atom stereocenters. The molecule has 6 heteroatoms. The van der Waals surface area contributed by atoms with Gasteiger partial charge in [0.05, 0.1) is 28.1 Å². The van der Waals surface area contributed by atoms with Crippen molar-refractivity contribution in [2.45, 2.75) is 5.41 Å². The topological polar surface area (TPSA) is 76.6 Å². The molecule has 0 amide bonds. The lowest BCUT2D eigenvalue weighted by Crippen LogP contribution is -2.34. The van der Waals surface area contributed by atoms with E-state index in [9.17, 15) is 5.26 Å². The van der Waals surface area contributed by atoms with Crippen molar-refractivity contribution >= 4 is 21.8 Å². The number of nitrogens with zero attached hydrogens (tertiary/aromatic N) is 5. The molecule has 0 bridgehead atoms. The van der Waals surface area contributed by atoms with E-state index >= 15 is 0 Å². The number of nitriles is 1. The maximum atomic E-state index is 9.97. The molecule has 1 aliphatic rings. The van der Waals surface area contributed by atoms with Crippen LogP contribution in [-0.2, 0) is 5.41 Å². The summed E-state index contributed by atoms with van der Waals surface area (Å²) < 4.78 is 9.24. The van der Waals surface area contributed by atoms with Gasteiger partial charge in [-0.2, -0.15) is 5.26 Å². The normalized spacial score (nSPS) is 12.5. The number of benzene rings is 9. The fourth-order valence-electron chi connectivity index (χ4n) is 9.64. The molecule has 0 fully saturated rings. The monoisotopic (exact) mass is 831 g/mol. The van der Waals surface area contributed by atoms with E-state index in [1.165, 1.54) is 0 Å². The van der Waals surface area contributed by atoms with Gasteiger partial charge in [-0.1, -0.05) is 152 Å². The third-order valence-corrected chi connectivity index (χ3v) is 12.6. The molecule has 0 radical (unpaired) electrons. The molecule has 2 aromatic heterocycles. The lowest BCUT2D eigenvalue weighted by atomic mass is 9.63. The SMILES string of the molecule is N#Cc1ccc2c(c1)c1cc(-c3ccc4c(c3)C(c3ccccc3)(c3ccccc3)c3cc(-c5nc(-c6ccccc6)nc(-c6ccccc6)n5)ccc3O4)ccc1n2-c1ccccc1. The van der Waals surface area contributed by atoms with Crippen LogP contribution in [0.2, 0.25) is 0 Å². The van der Waals surface area contributed by atoms with Crippen molar-refractivity contribution in [3.05, 3.63) is 252 Å². The summed E-state index contributed by atoms with van der Waals surface area (Å²) in [6, 6.07) is 79.8. The van der Waals surface area contributed by atoms with E-state index < -0.39 is 5.41 Å². The zero-order valence-corrected chi connectivity index (χ0v) is 35.0. The summed E-state index contributed by atoms with van der Waals surface area (Å²) >= 11 is 0. The van der Waals surface area contributed by atoms with Crippen LogP contribution in [0.3, 0.4) is 0 Å². The number of rotatable bonds is 7. The Balaban J connectivity index is 1.09. The predicted octanol–water partition coefficient (Wildman–Crippen LogP) is 14.0. The fourth-order valence-corrected chi connectivity index (χ4v) is 9.64.